The van der Waals surface area contributed by atoms with E-state index in [2.05, 4.69) is 20.9 Å². The van der Waals surface area contributed by atoms with E-state index in [0.717, 1.165) is 6.07 Å². The predicted octanol–water partition coefficient (Wildman–Crippen LogP) is 2.52. The van der Waals surface area contributed by atoms with Crippen molar-refractivity contribution in [2.75, 3.05) is 0 Å². The van der Waals surface area contributed by atoms with Gasteiger partial charge < -0.3 is 4.98 Å². The van der Waals surface area contributed by atoms with Crippen LogP contribution in [0.3, 0.4) is 0 Å². The summed E-state index contributed by atoms with van der Waals surface area (Å²) in [5.41, 5.74) is 0.253. The highest BCUT2D eigenvalue weighted by Crippen LogP contribution is 2.22. The maximum atomic E-state index is 12.4. The number of H-pyrrole nitrogens is 1. The Labute approximate surface area is 82.1 Å². The molecule has 0 aliphatic rings. The van der Waals surface area contributed by atoms with Crippen molar-refractivity contribution < 1.29 is 8.78 Å². The highest BCUT2D eigenvalue weighted by Gasteiger charge is 2.13. The normalized spacial score (nSPS) is 10.8. The summed E-state index contributed by atoms with van der Waals surface area (Å²) in [5, 5.41) is 0.370. The Hall–Kier alpha value is -0.710. The number of hydrogen-bond acceptors (Lipinski definition) is 1. The first-order valence-electron chi connectivity index (χ1n) is 3.63. The topological polar surface area (TPSA) is 32.9 Å². The molecule has 0 spiro atoms. The van der Waals surface area contributed by atoms with Crippen molar-refractivity contribution in [2.45, 2.75) is 18.7 Å². The Balaban J connectivity index is 3.36. The van der Waals surface area contributed by atoms with Crippen LogP contribution in [-0.4, -0.2) is 4.98 Å². The van der Waals surface area contributed by atoms with Crippen LogP contribution in [0.4, 0.5) is 8.78 Å². The van der Waals surface area contributed by atoms with E-state index in [1.807, 2.05) is 0 Å². The standard InChI is InChI=1S/C8H8BrF2NO/c1-4-5(8(10)11)2-7(13)12-6(4)3-9/h2,8H,3H2,1H3,(H,12,13). The quantitative estimate of drug-likeness (QED) is 0.806. The summed E-state index contributed by atoms with van der Waals surface area (Å²) < 4.78 is 24.7. The Morgan fingerprint density at radius 1 is 1.62 bits per heavy atom. The molecule has 13 heavy (non-hydrogen) atoms. The number of nitrogens with one attached hydrogen (secondary N) is 1. The van der Waals surface area contributed by atoms with Crippen LogP contribution in [-0.2, 0) is 5.33 Å². The van der Waals surface area contributed by atoms with Crippen LogP contribution in [0.15, 0.2) is 10.9 Å². The fourth-order valence-electron chi connectivity index (χ4n) is 1.06. The second-order valence-electron chi connectivity index (χ2n) is 2.63. The lowest BCUT2D eigenvalue weighted by atomic mass is 10.1. The third-order valence-electron chi connectivity index (χ3n) is 1.82. The minimum atomic E-state index is -2.60. The zero-order chi connectivity index (χ0) is 10.0. The van der Waals surface area contributed by atoms with E-state index in [4.69, 9.17) is 0 Å². The molecule has 72 valence electrons. The molecule has 1 aromatic heterocycles. The second-order valence-corrected chi connectivity index (χ2v) is 3.19. The average Bonchev–Trinajstić information content (AvgIpc) is 2.08. The molecule has 0 aliphatic carbocycles. The minimum Gasteiger partial charge on any atom is -0.325 e. The highest BCUT2D eigenvalue weighted by atomic mass is 79.9. The predicted molar refractivity (Wildman–Crippen MR) is 49.4 cm³/mol. The van der Waals surface area contributed by atoms with Gasteiger partial charge in [0.25, 0.3) is 6.43 Å². The number of aromatic nitrogens is 1. The Kier molecular flexibility index (Phi) is 3.19. The van der Waals surface area contributed by atoms with Crippen LogP contribution in [0.2, 0.25) is 0 Å². The average molecular weight is 252 g/mol. The molecule has 0 amide bonds. The molecule has 0 radical (unpaired) electrons. The molecule has 1 aromatic rings. The van der Waals surface area contributed by atoms with Gasteiger partial charge in [-0.1, -0.05) is 15.9 Å². The molecule has 1 heterocycles. The molecular weight excluding hydrogens is 244 g/mol. The molecular formula is C8H8BrF2NO. The molecule has 0 saturated heterocycles. The monoisotopic (exact) mass is 251 g/mol. The Bertz CT molecular complexity index is 362. The zero-order valence-electron chi connectivity index (χ0n) is 6.90. The summed E-state index contributed by atoms with van der Waals surface area (Å²) >= 11 is 3.11. The molecule has 1 rings (SSSR count). The molecule has 5 heteroatoms. The number of hydrogen-bond donors (Lipinski definition) is 1. The number of aromatic amines is 1. The maximum Gasteiger partial charge on any atom is 0.264 e. The lowest BCUT2D eigenvalue weighted by molar-refractivity contribution is 0.150. The number of pyridine rings is 1. The van der Waals surface area contributed by atoms with Crippen molar-refractivity contribution in [3.8, 4) is 0 Å². The van der Waals surface area contributed by atoms with Crippen LogP contribution >= 0.6 is 15.9 Å². The fraction of sp³-hybridized carbons (Fsp3) is 0.375. The van der Waals surface area contributed by atoms with Gasteiger partial charge in [-0.15, -0.1) is 0 Å². The molecule has 0 unspecified atom stereocenters. The van der Waals surface area contributed by atoms with Crippen LogP contribution in [0.1, 0.15) is 23.2 Å². The van der Waals surface area contributed by atoms with Crippen molar-refractivity contribution in [1.82, 2.24) is 4.98 Å². The molecule has 0 fully saturated rings. The van der Waals surface area contributed by atoms with Crippen LogP contribution < -0.4 is 5.56 Å². The van der Waals surface area contributed by atoms with Crippen molar-refractivity contribution in [1.29, 1.82) is 0 Å². The number of rotatable bonds is 2. The van der Waals surface area contributed by atoms with E-state index >= 15 is 0 Å². The van der Waals surface area contributed by atoms with Crippen molar-refractivity contribution in [3.63, 3.8) is 0 Å². The van der Waals surface area contributed by atoms with E-state index in [9.17, 15) is 13.6 Å². The molecule has 0 aromatic carbocycles. The van der Waals surface area contributed by atoms with E-state index in [1.165, 1.54) is 0 Å². The summed E-state index contributed by atoms with van der Waals surface area (Å²) in [6.45, 7) is 1.56. The number of halogens is 3. The van der Waals surface area contributed by atoms with Crippen LogP contribution in [0, 0.1) is 6.92 Å². The van der Waals surface area contributed by atoms with Gasteiger partial charge in [0, 0.05) is 22.7 Å². The first kappa shape index (κ1) is 10.4. The van der Waals surface area contributed by atoms with Gasteiger partial charge in [-0.25, -0.2) is 8.78 Å². The Morgan fingerprint density at radius 2 is 2.23 bits per heavy atom. The highest BCUT2D eigenvalue weighted by molar-refractivity contribution is 9.08. The van der Waals surface area contributed by atoms with E-state index in [1.54, 1.807) is 6.92 Å². The smallest absolute Gasteiger partial charge is 0.264 e. The fourth-order valence-corrected chi connectivity index (χ4v) is 1.62. The maximum absolute atomic E-state index is 12.4. The van der Waals surface area contributed by atoms with Gasteiger partial charge >= 0.3 is 0 Å². The van der Waals surface area contributed by atoms with Gasteiger partial charge in [-0.2, -0.15) is 0 Å². The van der Waals surface area contributed by atoms with Crippen LogP contribution in [0.25, 0.3) is 0 Å². The van der Waals surface area contributed by atoms with Crippen molar-refractivity contribution in [2.24, 2.45) is 0 Å². The molecule has 0 bridgehead atoms. The molecule has 0 atom stereocenters. The summed E-state index contributed by atoms with van der Waals surface area (Å²) in [6, 6.07) is 0.937. The van der Waals surface area contributed by atoms with Gasteiger partial charge in [0.15, 0.2) is 0 Å². The minimum absolute atomic E-state index is 0.196. The molecule has 2 nitrogen and oxygen atoms in total. The molecule has 1 N–H and O–H groups in total. The Morgan fingerprint density at radius 3 is 2.69 bits per heavy atom. The lowest BCUT2D eigenvalue weighted by Gasteiger charge is -2.07. The van der Waals surface area contributed by atoms with Crippen LogP contribution in [0.5, 0.6) is 0 Å². The summed E-state index contributed by atoms with van der Waals surface area (Å²) in [6.07, 6.45) is -2.60. The lowest BCUT2D eigenvalue weighted by Crippen LogP contribution is -2.11. The zero-order valence-corrected chi connectivity index (χ0v) is 8.49. The second kappa shape index (κ2) is 4.00. The van der Waals surface area contributed by atoms with Crippen molar-refractivity contribution in [3.05, 3.63) is 33.2 Å². The first-order chi connectivity index (χ1) is 6.06. The van der Waals surface area contributed by atoms with Gasteiger partial charge in [-0.3, -0.25) is 4.79 Å². The summed E-state index contributed by atoms with van der Waals surface area (Å²) in [5.74, 6) is 0. The van der Waals surface area contributed by atoms with E-state index < -0.39 is 12.0 Å². The van der Waals surface area contributed by atoms with Gasteiger partial charge in [0.2, 0.25) is 5.56 Å². The largest absolute Gasteiger partial charge is 0.325 e. The van der Waals surface area contributed by atoms with Gasteiger partial charge in [-0.05, 0) is 12.5 Å². The van der Waals surface area contributed by atoms with Gasteiger partial charge in [0.05, 0.1) is 0 Å². The van der Waals surface area contributed by atoms with Gasteiger partial charge in [0.1, 0.15) is 0 Å². The SMILES string of the molecule is Cc1c(C(F)F)cc(=O)[nH]c1CBr. The van der Waals surface area contributed by atoms with E-state index in [0.29, 0.717) is 16.6 Å². The third kappa shape index (κ3) is 2.15. The molecule has 0 saturated carbocycles. The molecule has 0 aliphatic heterocycles. The summed E-state index contributed by atoms with van der Waals surface area (Å²) in [7, 11) is 0. The summed E-state index contributed by atoms with van der Waals surface area (Å²) in [4.78, 5) is 13.4. The number of alkyl halides is 3. The van der Waals surface area contributed by atoms with E-state index in [-0.39, 0.29) is 5.56 Å². The first-order valence-corrected chi connectivity index (χ1v) is 4.75. The van der Waals surface area contributed by atoms with Crippen molar-refractivity contribution >= 4 is 15.9 Å². The third-order valence-corrected chi connectivity index (χ3v) is 2.38.